The predicted molar refractivity (Wildman–Crippen MR) is 189 cm³/mol. The number of benzene rings is 1. The Kier molecular flexibility index (Phi) is 32.1. The first-order valence-electron chi connectivity index (χ1n) is 18.1. The molecule has 1 saturated carbocycles. The number of carbonyl (C=O) groups is 3. The third kappa shape index (κ3) is 26.7. The number of hydrogen-bond donors (Lipinski definition) is 0. The molecule has 2 rings (SSSR count). The smallest absolute Gasteiger partial charge is 0.339 e. The van der Waals surface area contributed by atoms with Gasteiger partial charge in [0.2, 0.25) is 9.76 Å². The summed E-state index contributed by atoms with van der Waals surface area (Å²) in [7, 11) is 0.519. The molecule has 0 bridgehead atoms. The van der Waals surface area contributed by atoms with Gasteiger partial charge in [-0.25, -0.2) is 14.4 Å². The molecule has 0 saturated heterocycles. The molecule has 46 heavy (non-hydrogen) atoms. The summed E-state index contributed by atoms with van der Waals surface area (Å²) in [6.45, 7) is 11.6. The monoisotopic (exact) mass is 660 g/mol. The molecule has 1 fully saturated rings. The van der Waals surface area contributed by atoms with Crippen molar-refractivity contribution in [3.8, 4) is 0 Å². The molecule has 0 heterocycles. The molecule has 8 heteroatoms. The summed E-state index contributed by atoms with van der Waals surface area (Å²) in [5.41, 5.74) is 0.586. The SMILES string of the molecule is C1CCCCC1.C=CC(=O)OCCC[Si]OCC.CCCCCCCCOC(=O)c1ccccc1C(=O)OCCCCCCCC. The van der Waals surface area contributed by atoms with E-state index < -0.39 is 11.9 Å². The summed E-state index contributed by atoms with van der Waals surface area (Å²) < 4.78 is 20.6. The Morgan fingerprint density at radius 1 is 0.630 bits per heavy atom. The van der Waals surface area contributed by atoms with Gasteiger partial charge in [-0.3, -0.25) is 0 Å². The van der Waals surface area contributed by atoms with E-state index in [2.05, 4.69) is 20.4 Å². The largest absolute Gasteiger partial charge is 0.463 e. The van der Waals surface area contributed by atoms with Crippen LogP contribution in [0.3, 0.4) is 0 Å². The van der Waals surface area contributed by atoms with Gasteiger partial charge < -0.3 is 18.6 Å². The lowest BCUT2D eigenvalue weighted by Gasteiger charge is -2.10. The molecule has 1 aromatic rings. The summed E-state index contributed by atoms with van der Waals surface area (Å²) in [6, 6.07) is 7.70. The van der Waals surface area contributed by atoms with Crippen LogP contribution < -0.4 is 0 Å². The fourth-order valence-corrected chi connectivity index (χ4v) is 5.34. The van der Waals surface area contributed by atoms with Crippen LogP contribution in [0.4, 0.5) is 0 Å². The number of esters is 3. The Morgan fingerprint density at radius 2 is 1.04 bits per heavy atom. The van der Waals surface area contributed by atoms with Crippen LogP contribution >= 0.6 is 0 Å². The zero-order valence-corrected chi connectivity index (χ0v) is 30.4. The minimum atomic E-state index is -0.444. The van der Waals surface area contributed by atoms with Crippen molar-refractivity contribution in [3.05, 3.63) is 48.0 Å². The van der Waals surface area contributed by atoms with Crippen LogP contribution in [-0.2, 0) is 23.4 Å². The average Bonchev–Trinajstić information content (AvgIpc) is 3.10. The predicted octanol–water partition coefficient (Wildman–Crippen LogP) is 10.2. The van der Waals surface area contributed by atoms with E-state index in [9.17, 15) is 14.4 Å². The van der Waals surface area contributed by atoms with Gasteiger partial charge in [-0.05, 0) is 44.4 Å². The molecule has 0 aliphatic heterocycles. The van der Waals surface area contributed by atoms with Crippen molar-refractivity contribution in [1.29, 1.82) is 0 Å². The molecular formula is C38H64O7Si. The molecule has 1 aliphatic rings. The van der Waals surface area contributed by atoms with Gasteiger partial charge in [-0.2, -0.15) is 0 Å². The van der Waals surface area contributed by atoms with Crippen LogP contribution in [0.2, 0.25) is 6.04 Å². The maximum Gasteiger partial charge on any atom is 0.339 e. The number of ether oxygens (including phenoxy) is 3. The first-order chi connectivity index (χ1) is 22.5. The molecule has 0 amide bonds. The molecule has 0 atom stereocenters. The van der Waals surface area contributed by atoms with Gasteiger partial charge >= 0.3 is 17.9 Å². The summed E-state index contributed by atoms with van der Waals surface area (Å²) >= 11 is 0. The number of unbranched alkanes of at least 4 members (excludes halogenated alkanes) is 10. The first kappa shape index (κ1) is 43.5. The number of carbonyl (C=O) groups excluding carboxylic acids is 3. The van der Waals surface area contributed by atoms with Crippen molar-refractivity contribution >= 4 is 27.7 Å². The highest BCUT2D eigenvalue weighted by Gasteiger charge is 2.18. The normalized spacial score (nSPS) is 12.1. The Hall–Kier alpha value is -2.45. The third-order valence-electron chi connectivity index (χ3n) is 7.41. The van der Waals surface area contributed by atoms with E-state index >= 15 is 0 Å². The lowest BCUT2D eigenvalue weighted by molar-refractivity contribution is -0.137. The van der Waals surface area contributed by atoms with E-state index in [4.69, 9.17) is 18.6 Å². The Morgan fingerprint density at radius 3 is 1.46 bits per heavy atom. The molecule has 1 aliphatic carbocycles. The Labute approximate surface area is 283 Å². The van der Waals surface area contributed by atoms with E-state index in [1.54, 1.807) is 24.3 Å². The summed E-state index contributed by atoms with van der Waals surface area (Å²) in [6.07, 6.45) is 24.7. The van der Waals surface area contributed by atoms with E-state index in [-0.39, 0.29) is 5.97 Å². The minimum Gasteiger partial charge on any atom is -0.463 e. The van der Waals surface area contributed by atoms with Crippen LogP contribution in [0.25, 0.3) is 0 Å². The minimum absolute atomic E-state index is 0.293. The molecule has 2 radical (unpaired) electrons. The topological polar surface area (TPSA) is 88.1 Å². The van der Waals surface area contributed by atoms with Gasteiger partial charge in [-0.15, -0.1) is 0 Å². The Balaban J connectivity index is 0.000000913. The van der Waals surface area contributed by atoms with E-state index in [1.165, 1.54) is 96.0 Å². The fourth-order valence-electron chi connectivity index (χ4n) is 4.70. The van der Waals surface area contributed by atoms with Crippen molar-refractivity contribution < 1.29 is 33.0 Å². The van der Waals surface area contributed by atoms with Crippen molar-refractivity contribution in [2.24, 2.45) is 0 Å². The third-order valence-corrected chi connectivity index (χ3v) is 8.46. The van der Waals surface area contributed by atoms with E-state index in [0.717, 1.165) is 44.8 Å². The highest BCUT2D eigenvalue weighted by Crippen LogP contribution is 2.16. The molecule has 7 nitrogen and oxygen atoms in total. The quantitative estimate of drug-likeness (QED) is 0.0379. The van der Waals surface area contributed by atoms with Crippen molar-refractivity contribution in [3.63, 3.8) is 0 Å². The van der Waals surface area contributed by atoms with Crippen LogP contribution in [0, 0.1) is 0 Å². The molecule has 1 aromatic carbocycles. The standard InChI is InChI=1S/C24H38O4.C8H14O3Si.C6H12/c1-3-5-7-9-11-15-19-27-23(25)21-17-13-14-18-22(21)24(26)28-20-16-12-10-8-6-4-2;1-3-8(9)10-6-5-7-12-11-4-2;1-2-4-6-5-3-1/h13-14,17-18H,3-12,15-16,19-20H2,1-2H3;3H,1,4-7H2,2H3;1-6H2. The first-order valence-corrected chi connectivity index (χ1v) is 19.2. The second kappa shape index (κ2) is 33.9. The second-order valence-electron chi connectivity index (χ2n) is 11.5. The van der Waals surface area contributed by atoms with Crippen molar-refractivity contribution in [2.75, 3.05) is 26.4 Å². The van der Waals surface area contributed by atoms with E-state index in [0.29, 0.717) is 40.7 Å². The molecule has 0 N–H and O–H groups in total. The summed E-state index contributed by atoms with van der Waals surface area (Å²) in [5.74, 6) is -1.24. The van der Waals surface area contributed by atoms with Gasteiger partial charge in [0.25, 0.3) is 0 Å². The molecule has 0 spiro atoms. The van der Waals surface area contributed by atoms with Gasteiger partial charge in [0.15, 0.2) is 0 Å². The van der Waals surface area contributed by atoms with Crippen LogP contribution in [0.15, 0.2) is 36.9 Å². The number of hydrogen-bond acceptors (Lipinski definition) is 7. The number of rotatable bonds is 23. The van der Waals surface area contributed by atoms with Gasteiger partial charge in [0.05, 0.1) is 30.9 Å². The average molecular weight is 661 g/mol. The zero-order valence-electron chi connectivity index (χ0n) is 29.4. The maximum atomic E-state index is 12.4. The lowest BCUT2D eigenvalue weighted by Crippen LogP contribution is -2.15. The highest BCUT2D eigenvalue weighted by atomic mass is 28.2. The molecule has 262 valence electrons. The van der Waals surface area contributed by atoms with E-state index in [1.807, 2.05) is 6.92 Å². The highest BCUT2D eigenvalue weighted by molar-refractivity contribution is 6.26. The van der Waals surface area contributed by atoms with Crippen LogP contribution in [0.5, 0.6) is 0 Å². The van der Waals surface area contributed by atoms with Gasteiger partial charge in [0.1, 0.15) is 0 Å². The summed E-state index contributed by atoms with van der Waals surface area (Å²) in [4.78, 5) is 35.2. The maximum absolute atomic E-state index is 12.4. The molecular weight excluding hydrogens is 596 g/mol. The van der Waals surface area contributed by atoms with Crippen molar-refractivity contribution in [2.45, 2.75) is 149 Å². The molecule has 0 aromatic heterocycles. The fraction of sp³-hybridized carbons (Fsp3) is 0.711. The van der Waals surface area contributed by atoms with Gasteiger partial charge in [-0.1, -0.05) is 135 Å². The lowest BCUT2D eigenvalue weighted by atomic mass is 10.0. The second-order valence-corrected chi connectivity index (χ2v) is 12.6. The van der Waals surface area contributed by atoms with Crippen molar-refractivity contribution in [1.82, 2.24) is 0 Å². The van der Waals surface area contributed by atoms with Gasteiger partial charge in [0, 0.05) is 12.7 Å². The summed E-state index contributed by atoms with van der Waals surface area (Å²) in [5, 5.41) is 0. The zero-order chi connectivity index (χ0) is 33.9. The Bertz CT molecular complexity index is 825. The molecule has 0 unspecified atom stereocenters. The van der Waals surface area contributed by atoms with Crippen LogP contribution in [0.1, 0.15) is 163 Å². The van der Waals surface area contributed by atoms with Crippen LogP contribution in [-0.4, -0.2) is 54.1 Å².